The molecule has 0 aliphatic carbocycles. The van der Waals surface area contributed by atoms with Crippen LogP contribution in [0.15, 0.2) is 101 Å². The molecule has 0 radical (unpaired) electrons. The van der Waals surface area contributed by atoms with Gasteiger partial charge in [-0.15, -0.1) is 23.1 Å². The Bertz CT molecular complexity index is 1050. The molecule has 0 aliphatic rings. The fourth-order valence-corrected chi connectivity index (χ4v) is 4.54. The van der Waals surface area contributed by atoms with Crippen molar-refractivity contribution in [2.75, 3.05) is 10.7 Å². The maximum absolute atomic E-state index is 13.1. The molecule has 3 nitrogen and oxygen atoms in total. The van der Waals surface area contributed by atoms with Gasteiger partial charge in [-0.1, -0.05) is 78.9 Å². The first kappa shape index (κ1) is 19.4. The fraction of sp³-hybridized carbons (Fsp3) is 0.0833. The predicted molar refractivity (Wildman–Crippen MR) is 122 cm³/mol. The first-order chi connectivity index (χ1) is 14.3. The monoisotopic (exact) mass is 416 g/mol. The van der Waals surface area contributed by atoms with Crippen LogP contribution in [0.3, 0.4) is 0 Å². The van der Waals surface area contributed by atoms with Crippen LogP contribution in [0.5, 0.6) is 0 Å². The van der Waals surface area contributed by atoms with Crippen LogP contribution in [0.25, 0.3) is 11.3 Å². The van der Waals surface area contributed by atoms with Crippen molar-refractivity contribution in [3.8, 4) is 11.3 Å². The SMILES string of the molecule is O=C(CSc1ccccc1)N(Cc1ccccc1)c1nc(-c2ccccc2)cs1. The summed E-state index contributed by atoms with van der Waals surface area (Å²) in [5.74, 6) is 0.425. The molecule has 3 aromatic carbocycles. The molecule has 0 saturated carbocycles. The van der Waals surface area contributed by atoms with E-state index in [9.17, 15) is 4.79 Å². The Balaban J connectivity index is 1.56. The smallest absolute Gasteiger partial charge is 0.239 e. The molecular formula is C24H20N2OS2. The van der Waals surface area contributed by atoms with Gasteiger partial charge in [0.05, 0.1) is 18.0 Å². The van der Waals surface area contributed by atoms with Gasteiger partial charge in [-0.05, 0) is 17.7 Å². The van der Waals surface area contributed by atoms with Crippen LogP contribution in [0.1, 0.15) is 5.56 Å². The van der Waals surface area contributed by atoms with Crippen molar-refractivity contribution in [3.05, 3.63) is 102 Å². The third kappa shape index (κ3) is 5.13. The van der Waals surface area contributed by atoms with E-state index >= 15 is 0 Å². The quantitative estimate of drug-likeness (QED) is 0.340. The van der Waals surface area contributed by atoms with Crippen molar-refractivity contribution in [1.29, 1.82) is 0 Å². The molecule has 5 heteroatoms. The zero-order valence-corrected chi connectivity index (χ0v) is 17.4. The van der Waals surface area contributed by atoms with E-state index in [4.69, 9.17) is 4.98 Å². The topological polar surface area (TPSA) is 33.2 Å². The molecule has 0 unspecified atom stereocenters. The number of rotatable bonds is 7. The van der Waals surface area contributed by atoms with Crippen molar-refractivity contribution >= 4 is 34.1 Å². The first-order valence-electron chi connectivity index (χ1n) is 9.33. The van der Waals surface area contributed by atoms with Gasteiger partial charge in [0, 0.05) is 15.8 Å². The number of amides is 1. The van der Waals surface area contributed by atoms with Gasteiger partial charge >= 0.3 is 0 Å². The normalized spacial score (nSPS) is 10.6. The molecule has 0 fully saturated rings. The molecule has 0 bridgehead atoms. The fourth-order valence-electron chi connectivity index (χ4n) is 2.90. The van der Waals surface area contributed by atoms with Gasteiger partial charge in [-0.3, -0.25) is 9.69 Å². The van der Waals surface area contributed by atoms with Crippen LogP contribution >= 0.6 is 23.1 Å². The number of thioether (sulfide) groups is 1. The number of carbonyl (C=O) groups is 1. The summed E-state index contributed by atoms with van der Waals surface area (Å²) in [6.45, 7) is 0.511. The molecule has 1 heterocycles. The molecule has 0 spiro atoms. The third-order valence-corrected chi connectivity index (χ3v) is 6.24. The van der Waals surface area contributed by atoms with E-state index in [1.54, 1.807) is 16.7 Å². The summed E-state index contributed by atoms with van der Waals surface area (Å²) < 4.78 is 0. The van der Waals surface area contributed by atoms with Gasteiger partial charge < -0.3 is 0 Å². The standard InChI is InChI=1S/C24H20N2OS2/c27-23(18-28-21-14-8-3-9-15-21)26(16-19-10-4-1-5-11-19)24-25-22(17-29-24)20-12-6-2-7-13-20/h1-15,17H,16,18H2. The van der Waals surface area contributed by atoms with Gasteiger partial charge in [0.1, 0.15) is 0 Å². The van der Waals surface area contributed by atoms with E-state index in [-0.39, 0.29) is 5.91 Å². The second kappa shape index (κ2) is 9.54. The summed E-state index contributed by atoms with van der Waals surface area (Å²) in [7, 11) is 0. The van der Waals surface area contributed by atoms with Gasteiger partial charge in [0.2, 0.25) is 5.91 Å². The largest absolute Gasteiger partial charge is 0.283 e. The highest BCUT2D eigenvalue weighted by molar-refractivity contribution is 8.00. The zero-order valence-electron chi connectivity index (χ0n) is 15.8. The minimum atomic E-state index is 0.0525. The molecule has 0 aliphatic heterocycles. The molecule has 144 valence electrons. The Kier molecular flexibility index (Phi) is 6.39. The molecule has 4 aromatic rings. The Labute approximate surface area is 179 Å². The Morgan fingerprint density at radius 2 is 1.48 bits per heavy atom. The number of hydrogen-bond acceptors (Lipinski definition) is 4. The zero-order chi connectivity index (χ0) is 19.9. The number of benzene rings is 3. The summed E-state index contributed by atoms with van der Waals surface area (Å²) in [6.07, 6.45) is 0. The number of hydrogen-bond donors (Lipinski definition) is 0. The molecule has 29 heavy (non-hydrogen) atoms. The van der Waals surface area contributed by atoms with E-state index in [0.717, 1.165) is 26.8 Å². The van der Waals surface area contributed by atoms with Crippen molar-refractivity contribution in [2.24, 2.45) is 0 Å². The highest BCUT2D eigenvalue weighted by Crippen LogP contribution is 2.29. The molecule has 1 aromatic heterocycles. The second-order valence-electron chi connectivity index (χ2n) is 6.45. The molecule has 0 saturated heterocycles. The maximum Gasteiger partial charge on any atom is 0.239 e. The van der Waals surface area contributed by atoms with Crippen molar-refractivity contribution in [3.63, 3.8) is 0 Å². The Morgan fingerprint density at radius 1 is 0.862 bits per heavy atom. The van der Waals surface area contributed by atoms with Gasteiger partial charge in [0.15, 0.2) is 5.13 Å². The van der Waals surface area contributed by atoms with E-state index < -0.39 is 0 Å². The lowest BCUT2D eigenvalue weighted by atomic mass is 10.2. The van der Waals surface area contributed by atoms with E-state index in [1.807, 2.05) is 96.4 Å². The van der Waals surface area contributed by atoms with Gasteiger partial charge in [-0.2, -0.15) is 0 Å². The molecular weight excluding hydrogens is 396 g/mol. The lowest BCUT2D eigenvalue weighted by Crippen LogP contribution is -2.31. The van der Waals surface area contributed by atoms with E-state index in [0.29, 0.717) is 12.3 Å². The summed E-state index contributed by atoms with van der Waals surface area (Å²) in [6, 6.07) is 30.1. The number of aromatic nitrogens is 1. The number of carbonyl (C=O) groups excluding carboxylic acids is 1. The number of nitrogens with zero attached hydrogens (tertiary/aromatic N) is 2. The lowest BCUT2D eigenvalue weighted by Gasteiger charge is -2.20. The minimum absolute atomic E-state index is 0.0525. The molecule has 4 rings (SSSR count). The summed E-state index contributed by atoms with van der Waals surface area (Å²) in [5, 5.41) is 2.74. The van der Waals surface area contributed by atoms with Crippen molar-refractivity contribution in [1.82, 2.24) is 4.98 Å². The van der Waals surface area contributed by atoms with Crippen LogP contribution < -0.4 is 4.90 Å². The predicted octanol–water partition coefficient (Wildman–Crippen LogP) is 6.14. The average molecular weight is 417 g/mol. The van der Waals surface area contributed by atoms with Crippen LogP contribution in [0.2, 0.25) is 0 Å². The van der Waals surface area contributed by atoms with Gasteiger partial charge in [-0.25, -0.2) is 4.98 Å². The third-order valence-electron chi connectivity index (χ3n) is 4.38. The van der Waals surface area contributed by atoms with Gasteiger partial charge in [0.25, 0.3) is 0 Å². The van der Waals surface area contributed by atoms with Crippen molar-refractivity contribution in [2.45, 2.75) is 11.4 Å². The molecule has 1 amide bonds. The minimum Gasteiger partial charge on any atom is -0.283 e. The summed E-state index contributed by atoms with van der Waals surface area (Å²) in [5.41, 5.74) is 3.04. The summed E-state index contributed by atoms with van der Waals surface area (Å²) >= 11 is 3.06. The maximum atomic E-state index is 13.1. The Hall–Kier alpha value is -2.89. The average Bonchev–Trinajstić information content (AvgIpc) is 3.28. The summed E-state index contributed by atoms with van der Waals surface area (Å²) in [4.78, 5) is 20.8. The first-order valence-corrected chi connectivity index (χ1v) is 11.2. The van der Waals surface area contributed by atoms with Crippen LogP contribution in [0, 0.1) is 0 Å². The van der Waals surface area contributed by atoms with Crippen LogP contribution in [-0.2, 0) is 11.3 Å². The van der Waals surface area contributed by atoms with Crippen LogP contribution in [0.4, 0.5) is 5.13 Å². The van der Waals surface area contributed by atoms with Crippen LogP contribution in [-0.4, -0.2) is 16.6 Å². The highest BCUT2D eigenvalue weighted by Gasteiger charge is 2.20. The van der Waals surface area contributed by atoms with E-state index in [1.165, 1.54) is 11.3 Å². The number of anilines is 1. The second-order valence-corrected chi connectivity index (χ2v) is 8.33. The lowest BCUT2D eigenvalue weighted by molar-refractivity contribution is -0.116. The molecule has 0 N–H and O–H groups in total. The Morgan fingerprint density at radius 3 is 2.17 bits per heavy atom. The molecule has 0 atom stereocenters. The van der Waals surface area contributed by atoms with E-state index in [2.05, 4.69) is 0 Å². The highest BCUT2D eigenvalue weighted by atomic mass is 32.2. The van der Waals surface area contributed by atoms with Crippen molar-refractivity contribution < 1.29 is 4.79 Å². The number of thiazole rings is 1.